The molecule has 0 N–H and O–H groups in total. The van der Waals surface area contributed by atoms with Crippen molar-refractivity contribution in [3.05, 3.63) is 89.5 Å². The Labute approximate surface area is 168 Å². The van der Waals surface area contributed by atoms with E-state index in [0.717, 1.165) is 38.7 Å². The van der Waals surface area contributed by atoms with E-state index in [0.29, 0.717) is 6.61 Å². The maximum absolute atomic E-state index is 13.4. The van der Waals surface area contributed by atoms with Gasteiger partial charge in [-0.05, 0) is 36.8 Å². The average Bonchev–Trinajstić information content (AvgIpc) is 2.90. The lowest BCUT2D eigenvalue weighted by Gasteiger charge is -2.21. The third-order valence-electron chi connectivity index (χ3n) is 5.23. The van der Waals surface area contributed by atoms with Crippen LogP contribution in [0.15, 0.2) is 82.7 Å². The number of ether oxygens (including phenoxy) is 1. The van der Waals surface area contributed by atoms with Crippen LogP contribution < -0.4 is 4.74 Å². The van der Waals surface area contributed by atoms with Gasteiger partial charge in [0, 0.05) is 16.0 Å². The number of benzene rings is 3. The van der Waals surface area contributed by atoms with Crippen LogP contribution in [0, 0.1) is 5.92 Å². The number of carbonyl (C=O) groups is 1. The minimum Gasteiger partial charge on any atom is -0.494 e. The van der Waals surface area contributed by atoms with Gasteiger partial charge >= 0.3 is 0 Å². The van der Waals surface area contributed by atoms with Crippen LogP contribution in [0.2, 0.25) is 0 Å². The molecule has 3 nitrogen and oxygen atoms in total. The second-order valence-electron chi connectivity index (χ2n) is 6.89. The van der Waals surface area contributed by atoms with E-state index < -0.39 is 0 Å². The van der Waals surface area contributed by atoms with Gasteiger partial charge in [0.15, 0.2) is 5.78 Å². The second kappa shape index (κ2) is 6.95. The first-order chi connectivity index (χ1) is 13.8. The van der Waals surface area contributed by atoms with Crippen molar-refractivity contribution in [2.45, 2.75) is 17.1 Å². The monoisotopic (exact) mass is 385 g/mol. The predicted octanol–water partition coefficient (Wildman–Crippen LogP) is 5.87. The minimum absolute atomic E-state index is 0.0297. The predicted molar refractivity (Wildman–Crippen MR) is 113 cm³/mol. The molecule has 0 radical (unpaired) electrons. The topological polar surface area (TPSA) is 38.7 Å². The normalized spacial score (nSPS) is 19.9. The lowest BCUT2D eigenvalue weighted by atomic mass is 9.93. The number of thioether (sulfide) groups is 1. The summed E-state index contributed by atoms with van der Waals surface area (Å²) < 4.78 is 5.59. The number of rotatable bonds is 3. The molecule has 138 valence electrons. The van der Waals surface area contributed by atoms with E-state index in [4.69, 9.17) is 9.73 Å². The van der Waals surface area contributed by atoms with Crippen molar-refractivity contribution in [2.75, 3.05) is 6.61 Å². The molecule has 1 aliphatic carbocycles. The molecule has 0 bridgehead atoms. The molecule has 1 heterocycles. The zero-order valence-electron chi connectivity index (χ0n) is 15.5. The quantitative estimate of drug-likeness (QED) is 0.566. The molecule has 0 fully saturated rings. The Hall–Kier alpha value is -2.85. The highest BCUT2D eigenvalue weighted by Gasteiger charge is 2.44. The molecular formula is C24H19NO2S. The van der Waals surface area contributed by atoms with E-state index in [-0.39, 0.29) is 17.0 Å². The Morgan fingerprint density at radius 1 is 0.929 bits per heavy atom. The lowest BCUT2D eigenvalue weighted by molar-refractivity contribution is 0.0960. The number of para-hydroxylation sites is 1. The number of nitrogens with zero attached hydrogens (tertiary/aromatic N) is 1. The number of hydrogen-bond donors (Lipinski definition) is 0. The molecule has 3 aromatic carbocycles. The zero-order chi connectivity index (χ0) is 19.1. The first kappa shape index (κ1) is 17.3. The van der Waals surface area contributed by atoms with Gasteiger partial charge in [-0.15, -0.1) is 11.8 Å². The Kier molecular flexibility index (Phi) is 4.29. The van der Waals surface area contributed by atoms with E-state index in [1.54, 1.807) is 11.8 Å². The number of ketones is 1. The highest BCUT2D eigenvalue weighted by molar-refractivity contribution is 7.99. The molecule has 0 spiro atoms. The third kappa shape index (κ3) is 2.76. The fourth-order valence-electron chi connectivity index (χ4n) is 3.96. The Morgan fingerprint density at radius 2 is 1.64 bits per heavy atom. The molecule has 3 aromatic rings. The zero-order valence-corrected chi connectivity index (χ0v) is 16.3. The summed E-state index contributed by atoms with van der Waals surface area (Å²) in [7, 11) is 0. The number of aliphatic imine (C=N–C) groups is 1. The molecule has 1 aliphatic heterocycles. The molecule has 0 amide bonds. The summed E-state index contributed by atoms with van der Waals surface area (Å²) in [5.41, 5.74) is 4.68. The van der Waals surface area contributed by atoms with E-state index in [1.807, 2.05) is 61.5 Å². The third-order valence-corrected chi connectivity index (χ3v) is 6.63. The molecule has 0 aromatic heterocycles. The number of carbonyl (C=O) groups excluding carboxylic acids is 1. The van der Waals surface area contributed by atoms with Crippen molar-refractivity contribution in [2.24, 2.45) is 10.9 Å². The maximum atomic E-state index is 13.4. The van der Waals surface area contributed by atoms with Gasteiger partial charge in [-0.2, -0.15) is 0 Å². The van der Waals surface area contributed by atoms with Crippen LogP contribution in [-0.2, 0) is 0 Å². The van der Waals surface area contributed by atoms with Gasteiger partial charge in [-0.25, -0.2) is 0 Å². The fourth-order valence-corrected chi connectivity index (χ4v) is 5.30. The summed E-state index contributed by atoms with van der Waals surface area (Å²) in [5, 5.41) is -0.0297. The summed E-state index contributed by atoms with van der Waals surface area (Å²) in [6.45, 7) is 2.61. The number of hydrogen-bond acceptors (Lipinski definition) is 4. The Balaban J connectivity index is 1.66. The molecule has 0 saturated carbocycles. The van der Waals surface area contributed by atoms with Gasteiger partial charge < -0.3 is 4.74 Å². The van der Waals surface area contributed by atoms with Crippen molar-refractivity contribution in [1.82, 2.24) is 0 Å². The smallest absolute Gasteiger partial charge is 0.174 e. The standard InChI is InChI=1S/C24H19NO2S/c1-2-27-16-13-11-15(12-14-16)24-21-22(17-7-3-4-8-18(17)23(21)26)25-19-9-5-6-10-20(19)28-24/h3-14,21,24H,2H2,1H3/t21-,24+/m0/s1. The molecule has 5 rings (SSSR count). The summed E-state index contributed by atoms with van der Waals surface area (Å²) in [5.74, 6) is 0.724. The van der Waals surface area contributed by atoms with E-state index >= 15 is 0 Å². The van der Waals surface area contributed by atoms with Gasteiger partial charge in [0.25, 0.3) is 0 Å². The van der Waals surface area contributed by atoms with Crippen LogP contribution >= 0.6 is 11.8 Å². The first-order valence-electron chi connectivity index (χ1n) is 9.47. The lowest BCUT2D eigenvalue weighted by Crippen LogP contribution is -2.21. The molecule has 0 unspecified atom stereocenters. The molecule has 2 aliphatic rings. The van der Waals surface area contributed by atoms with Crippen molar-refractivity contribution in [3.8, 4) is 5.75 Å². The average molecular weight is 385 g/mol. The van der Waals surface area contributed by atoms with Crippen LogP contribution in [-0.4, -0.2) is 18.1 Å². The molecule has 2 atom stereocenters. The number of fused-ring (bicyclic) bond motifs is 4. The highest BCUT2D eigenvalue weighted by atomic mass is 32.2. The van der Waals surface area contributed by atoms with E-state index in [2.05, 4.69) is 18.2 Å². The summed E-state index contributed by atoms with van der Waals surface area (Å²) in [4.78, 5) is 19.4. The van der Waals surface area contributed by atoms with Crippen molar-refractivity contribution in [3.63, 3.8) is 0 Å². The van der Waals surface area contributed by atoms with E-state index in [1.165, 1.54) is 0 Å². The summed E-state index contributed by atoms with van der Waals surface area (Å²) in [6.07, 6.45) is 0. The van der Waals surface area contributed by atoms with Crippen LogP contribution in [0.3, 0.4) is 0 Å². The number of Topliss-reactive ketones (excluding diaryl/α,β-unsaturated/α-hetero) is 1. The van der Waals surface area contributed by atoms with Gasteiger partial charge in [0.2, 0.25) is 0 Å². The van der Waals surface area contributed by atoms with Crippen molar-refractivity contribution >= 4 is 28.9 Å². The van der Waals surface area contributed by atoms with Gasteiger partial charge in [0.1, 0.15) is 5.75 Å². The maximum Gasteiger partial charge on any atom is 0.174 e. The molecule has 4 heteroatoms. The van der Waals surface area contributed by atoms with Gasteiger partial charge in [-0.3, -0.25) is 9.79 Å². The van der Waals surface area contributed by atoms with Crippen LogP contribution in [0.5, 0.6) is 5.75 Å². The molecular weight excluding hydrogens is 366 g/mol. The second-order valence-corrected chi connectivity index (χ2v) is 8.08. The van der Waals surface area contributed by atoms with Crippen LogP contribution in [0.4, 0.5) is 5.69 Å². The van der Waals surface area contributed by atoms with Gasteiger partial charge in [0.05, 0.1) is 29.2 Å². The SMILES string of the molecule is CCOc1ccc([C@H]2Sc3ccccc3N=C3c4ccccc4C(=O)[C@H]32)cc1. The largest absolute Gasteiger partial charge is 0.494 e. The Morgan fingerprint density at radius 3 is 2.43 bits per heavy atom. The minimum atomic E-state index is -0.284. The van der Waals surface area contributed by atoms with Crippen LogP contribution in [0.1, 0.15) is 33.7 Å². The first-order valence-corrected chi connectivity index (χ1v) is 10.3. The summed E-state index contributed by atoms with van der Waals surface area (Å²) in [6, 6.07) is 24.1. The van der Waals surface area contributed by atoms with E-state index in [9.17, 15) is 4.79 Å². The fraction of sp³-hybridized carbons (Fsp3) is 0.167. The van der Waals surface area contributed by atoms with Crippen molar-refractivity contribution in [1.29, 1.82) is 0 Å². The van der Waals surface area contributed by atoms with Gasteiger partial charge in [-0.1, -0.05) is 48.5 Å². The molecule has 28 heavy (non-hydrogen) atoms. The summed E-state index contributed by atoms with van der Waals surface area (Å²) >= 11 is 1.72. The molecule has 0 saturated heterocycles. The highest BCUT2D eigenvalue weighted by Crippen LogP contribution is 2.51. The van der Waals surface area contributed by atoms with Crippen LogP contribution in [0.25, 0.3) is 0 Å². The Bertz CT molecular complexity index is 1090. The van der Waals surface area contributed by atoms with Crippen molar-refractivity contribution < 1.29 is 9.53 Å².